The zero-order valence-electron chi connectivity index (χ0n) is 35.2. The monoisotopic (exact) mass is 833 g/mol. The molecule has 11 aromatic carbocycles. The average Bonchev–Trinajstić information content (AvgIpc) is 3.66. The molecule has 0 atom stereocenters. The van der Waals surface area contributed by atoms with E-state index in [0.717, 1.165) is 17.1 Å². The van der Waals surface area contributed by atoms with Crippen LogP contribution >= 0.6 is 10.0 Å². The number of nitrogens with zero attached hydrogens (tertiary/aromatic N) is 1. The predicted molar refractivity (Wildman–Crippen MR) is 271 cm³/mol. The molecule has 0 aromatic heterocycles. The fourth-order valence-electron chi connectivity index (χ4n) is 9.95. The van der Waals surface area contributed by atoms with Crippen LogP contribution in [0.3, 0.4) is 0 Å². The number of hydrogen-bond acceptors (Lipinski definition) is 1. The van der Waals surface area contributed by atoms with Crippen LogP contribution in [0.5, 0.6) is 0 Å². The van der Waals surface area contributed by atoms with Gasteiger partial charge in [-0.2, -0.15) is 0 Å². The Labute approximate surface area is 376 Å². The smallest absolute Gasteiger partial charge is 0.0468 e. The fraction of sp³-hybridized carbons (Fsp3) is 0. The van der Waals surface area contributed by atoms with Crippen LogP contribution in [-0.2, 0) is 0 Å². The first-order chi connectivity index (χ1) is 31.7. The van der Waals surface area contributed by atoms with Gasteiger partial charge >= 0.3 is 0 Å². The molecule has 0 amide bonds. The van der Waals surface area contributed by atoms with Gasteiger partial charge in [-0.05, 0) is 145 Å². The first-order valence-electron chi connectivity index (χ1n) is 22.0. The first-order valence-corrected chi connectivity index (χ1v) is 23.6. The summed E-state index contributed by atoms with van der Waals surface area (Å²) in [5, 5.41) is 4.96. The van der Waals surface area contributed by atoms with Crippen LogP contribution in [0.1, 0.15) is 0 Å². The van der Waals surface area contributed by atoms with E-state index in [4.69, 9.17) is 0 Å². The summed E-state index contributed by atoms with van der Waals surface area (Å²) < 4.78 is 0. The summed E-state index contributed by atoms with van der Waals surface area (Å²) in [6.07, 6.45) is 0. The Kier molecular flexibility index (Phi) is 9.32. The molecular formula is C62H43NS. The fourth-order valence-corrected chi connectivity index (χ4v) is 14.2. The lowest BCUT2D eigenvalue weighted by atomic mass is 9.91. The summed E-state index contributed by atoms with van der Waals surface area (Å²) in [4.78, 5) is 7.93. The summed E-state index contributed by atoms with van der Waals surface area (Å²) in [7, 11) is -1.74. The normalized spacial score (nSPS) is 13.0. The van der Waals surface area contributed by atoms with Crippen molar-refractivity contribution >= 4 is 48.6 Å². The van der Waals surface area contributed by atoms with Crippen molar-refractivity contribution in [3.05, 3.63) is 261 Å². The molecule has 64 heavy (non-hydrogen) atoms. The van der Waals surface area contributed by atoms with Gasteiger partial charge in [-0.3, -0.25) is 0 Å². The standard InChI is InChI=1S/C62H43NS/c1-5-17-44(18-6-1)45-31-36-51(37-32-45)63(52-38-33-47(34-39-52)57-29-16-22-48-21-15-28-56(62(48)57)46-19-7-2-8-20-46)53-40-35-49-43-61-59(42-50(49)41-53)58-27-13-14-30-60(58)64(61,54-23-9-3-10-24-54)55-25-11-4-12-26-55/h1-43H. The topological polar surface area (TPSA) is 3.24 Å². The van der Waals surface area contributed by atoms with Crippen molar-refractivity contribution in [2.45, 2.75) is 19.6 Å². The van der Waals surface area contributed by atoms with Gasteiger partial charge in [-0.15, -0.1) is 10.0 Å². The van der Waals surface area contributed by atoms with Crippen LogP contribution in [0.25, 0.3) is 66.1 Å². The molecule has 0 N–H and O–H groups in total. The van der Waals surface area contributed by atoms with Gasteiger partial charge in [0.05, 0.1) is 0 Å². The Morgan fingerprint density at radius 2 is 0.719 bits per heavy atom. The van der Waals surface area contributed by atoms with Crippen molar-refractivity contribution in [2.24, 2.45) is 0 Å². The Balaban J connectivity index is 1.01. The third-order valence-corrected chi connectivity index (χ3v) is 16.8. The van der Waals surface area contributed by atoms with E-state index in [2.05, 4.69) is 266 Å². The van der Waals surface area contributed by atoms with Crippen molar-refractivity contribution < 1.29 is 0 Å². The maximum Gasteiger partial charge on any atom is 0.0468 e. The molecule has 1 aliphatic rings. The van der Waals surface area contributed by atoms with E-state index >= 15 is 0 Å². The number of anilines is 3. The lowest BCUT2D eigenvalue weighted by molar-refractivity contribution is 1.29. The molecule has 2 heteroatoms. The molecule has 1 aliphatic heterocycles. The largest absolute Gasteiger partial charge is 0.310 e. The van der Waals surface area contributed by atoms with Crippen LogP contribution < -0.4 is 4.90 Å². The number of benzene rings is 11. The summed E-state index contributed by atoms with van der Waals surface area (Å²) in [6.45, 7) is 0. The van der Waals surface area contributed by atoms with Gasteiger partial charge in [0.1, 0.15) is 0 Å². The summed E-state index contributed by atoms with van der Waals surface area (Å²) in [6, 6.07) is 96.2. The second-order valence-corrected chi connectivity index (χ2v) is 19.5. The van der Waals surface area contributed by atoms with Gasteiger partial charge in [0.25, 0.3) is 0 Å². The predicted octanol–water partition coefficient (Wildman–Crippen LogP) is 17.8. The molecule has 1 heterocycles. The molecule has 0 saturated carbocycles. The highest BCUT2D eigenvalue weighted by molar-refractivity contribution is 8.34. The van der Waals surface area contributed by atoms with Crippen molar-refractivity contribution in [3.63, 3.8) is 0 Å². The second kappa shape index (κ2) is 15.8. The van der Waals surface area contributed by atoms with E-state index in [1.165, 1.54) is 85.6 Å². The summed E-state index contributed by atoms with van der Waals surface area (Å²) in [5.41, 5.74) is 13.2. The highest BCUT2D eigenvalue weighted by Gasteiger charge is 2.42. The van der Waals surface area contributed by atoms with Crippen molar-refractivity contribution in [1.82, 2.24) is 0 Å². The van der Waals surface area contributed by atoms with Gasteiger partial charge in [0.15, 0.2) is 0 Å². The Morgan fingerprint density at radius 3 is 1.33 bits per heavy atom. The van der Waals surface area contributed by atoms with Crippen LogP contribution in [-0.4, -0.2) is 0 Å². The van der Waals surface area contributed by atoms with E-state index in [0.29, 0.717) is 0 Å². The van der Waals surface area contributed by atoms with Gasteiger partial charge in [0.2, 0.25) is 0 Å². The molecule has 12 rings (SSSR count). The molecule has 0 fully saturated rings. The van der Waals surface area contributed by atoms with Crippen LogP contribution in [0, 0.1) is 0 Å². The average molecular weight is 834 g/mol. The van der Waals surface area contributed by atoms with E-state index in [1.807, 2.05) is 0 Å². The van der Waals surface area contributed by atoms with Gasteiger partial charge in [0, 0.05) is 36.6 Å². The minimum absolute atomic E-state index is 1.10. The minimum atomic E-state index is -1.74. The van der Waals surface area contributed by atoms with Crippen LogP contribution in [0.2, 0.25) is 0 Å². The van der Waals surface area contributed by atoms with Crippen LogP contribution in [0.15, 0.2) is 280 Å². The zero-order valence-corrected chi connectivity index (χ0v) is 36.0. The highest BCUT2D eigenvalue weighted by Crippen LogP contribution is 2.80. The Morgan fingerprint density at radius 1 is 0.250 bits per heavy atom. The Bertz CT molecular complexity index is 3410. The van der Waals surface area contributed by atoms with Gasteiger partial charge in [-0.25, -0.2) is 0 Å². The van der Waals surface area contributed by atoms with Crippen LogP contribution in [0.4, 0.5) is 17.1 Å². The maximum absolute atomic E-state index is 2.49. The summed E-state index contributed by atoms with van der Waals surface area (Å²) in [5.74, 6) is 0. The van der Waals surface area contributed by atoms with E-state index in [1.54, 1.807) is 0 Å². The zero-order chi connectivity index (χ0) is 42.5. The minimum Gasteiger partial charge on any atom is -0.310 e. The maximum atomic E-state index is 2.49. The molecule has 0 bridgehead atoms. The van der Waals surface area contributed by atoms with Crippen molar-refractivity contribution in [2.75, 3.05) is 4.90 Å². The lowest BCUT2D eigenvalue weighted by Crippen LogP contribution is -2.10. The molecule has 0 aliphatic carbocycles. The molecule has 0 unspecified atom stereocenters. The quantitative estimate of drug-likeness (QED) is 0.147. The van der Waals surface area contributed by atoms with Crippen molar-refractivity contribution in [1.29, 1.82) is 0 Å². The SMILES string of the molecule is c1ccc(-c2ccc(N(c3ccc(-c4cccc5cccc(-c6ccccc6)c45)cc3)c3ccc4cc5c(cc4c3)-c3ccccc3S5(c3ccccc3)c3ccccc3)cc2)cc1. The van der Waals surface area contributed by atoms with Crippen molar-refractivity contribution in [3.8, 4) is 44.5 Å². The summed E-state index contributed by atoms with van der Waals surface area (Å²) >= 11 is 0. The second-order valence-electron chi connectivity index (χ2n) is 16.5. The Hall–Kier alpha value is -7.91. The third-order valence-electron chi connectivity index (χ3n) is 12.9. The number of fused-ring (bicyclic) bond motifs is 5. The van der Waals surface area contributed by atoms with Gasteiger partial charge in [-0.1, -0.05) is 182 Å². The highest BCUT2D eigenvalue weighted by atomic mass is 32.3. The van der Waals surface area contributed by atoms with E-state index < -0.39 is 10.0 Å². The molecular weight excluding hydrogens is 791 g/mol. The molecule has 0 radical (unpaired) electrons. The third kappa shape index (κ3) is 6.26. The first kappa shape index (κ1) is 37.8. The van der Waals surface area contributed by atoms with E-state index in [9.17, 15) is 0 Å². The molecule has 11 aromatic rings. The lowest BCUT2D eigenvalue weighted by Gasteiger charge is -2.39. The van der Waals surface area contributed by atoms with Gasteiger partial charge < -0.3 is 4.90 Å². The molecule has 0 saturated heterocycles. The van der Waals surface area contributed by atoms with E-state index in [-0.39, 0.29) is 0 Å². The molecule has 1 nitrogen and oxygen atoms in total. The number of rotatable bonds is 8. The molecule has 0 spiro atoms. The number of hydrogen-bond donors (Lipinski definition) is 0. The molecule has 302 valence electrons.